The second kappa shape index (κ2) is 9.00. The van der Waals surface area contributed by atoms with E-state index in [1.54, 1.807) is 36.3 Å². The summed E-state index contributed by atoms with van der Waals surface area (Å²) < 4.78 is 10.6. The molecule has 1 aliphatic rings. The molecule has 0 aliphatic carbocycles. The highest BCUT2D eigenvalue weighted by Crippen LogP contribution is 2.32. The van der Waals surface area contributed by atoms with Crippen LogP contribution in [0, 0.1) is 0 Å². The maximum Gasteiger partial charge on any atom is 0.268 e. The van der Waals surface area contributed by atoms with Crippen LogP contribution in [-0.2, 0) is 11.2 Å². The number of fused-ring (bicyclic) bond motifs is 1. The van der Waals surface area contributed by atoms with E-state index in [1.165, 1.54) is 11.3 Å². The van der Waals surface area contributed by atoms with Crippen LogP contribution in [0.1, 0.15) is 21.7 Å². The first kappa shape index (κ1) is 20.0. The molecule has 0 radical (unpaired) electrons. The Morgan fingerprint density at radius 2 is 1.90 bits per heavy atom. The molecule has 0 spiro atoms. The van der Waals surface area contributed by atoms with Gasteiger partial charge in [-0.3, -0.25) is 9.59 Å². The number of nitrogens with one attached hydrogen (secondary N) is 1. The van der Waals surface area contributed by atoms with Gasteiger partial charge in [0.2, 0.25) is 0 Å². The van der Waals surface area contributed by atoms with Gasteiger partial charge in [0.05, 0.1) is 12.0 Å². The monoisotopic (exact) mass is 422 g/mol. The third-order valence-electron chi connectivity index (χ3n) is 4.89. The third-order valence-corrected chi connectivity index (χ3v) is 5.75. The zero-order valence-corrected chi connectivity index (χ0v) is 17.4. The zero-order chi connectivity index (χ0) is 20.9. The van der Waals surface area contributed by atoms with E-state index in [1.807, 2.05) is 35.7 Å². The fourth-order valence-electron chi connectivity index (χ4n) is 3.41. The third kappa shape index (κ3) is 4.46. The van der Waals surface area contributed by atoms with Crippen molar-refractivity contribution in [1.82, 2.24) is 0 Å². The number of aryl methyl sites for hydroxylation is 1. The first-order valence-corrected chi connectivity index (χ1v) is 10.6. The summed E-state index contributed by atoms with van der Waals surface area (Å²) in [4.78, 5) is 27.7. The number of carbonyl (C=O) groups is 2. The SMILES string of the molecule is COc1ccc(OCC(=O)Nc2ccc3c(c2)N(C(=O)c2cccs2)CCC3)cc1. The lowest BCUT2D eigenvalue weighted by Crippen LogP contribution is -2.35. The molecule has 0 saturated heterocycles. The van der Waals surface area contributed by atoms with Crippen LogP contribution in [-0.4, -0.2) is 32.1 Å². The first-order chi connectivity index (χ1) is 14.6. The van der Waals surface area contributed by atoms with Crippen molar-refractivity contribution in [1.29, 1.82) is 0 Å². The molecule has 1 aliphatic heterocycles. The number of carbonyl (C=O) groups excluding carboxylic acids is 2. The number of anilines is 2. The number of thiophene rings is 1. The average Bonchev–Trinajstić information content (AvgIpc) is 3.32. The van der Waals surface area contributed by atoms with E-state index in [9.17, 15) is 9.59 Å². The topological polar surface area (TPSA) is 67.9 Å². The molecule has 2 aromatic carbocycles. The molecule has 1 N–H and O–H groups in total. The Bertz CT molecular complexity index is 1030. The van der Waals surface area contributed by atoms with Gasteiger partial charge in [0.1, 0.15) is 11.5 Å². The molecule has 0 saturated carbocycles. The van der Waals surface area contributed by atoms with Gasteiger partial charge < -0.3 is 19.7 Å². The summed E-state index contributed by atoms with van der Waals surface area (Å²) in [6.45, 7) is 0.558. The van der Waals surface area contributed by atoms with Crippen molar-refractivity contribution in [3.05, 3.63) is 70.4 Å². The van der Waals surface area contributed by atoms with Crippen LogP contribution in [0.15, 0.2) is 60.0 Å². The predicted molar refractivity (Wildman–Crippen MR) is 118 cm³/mol. The average molecular weight is 423 g/mol. The highest BCUT2D eigenvalue weighted by atomic mass is 32.1. The lowest BCUT2D eigenvalue weighted by Gasteiger charge is -2.29. The van der Waals surface area contributed by atoms with Crippen molar-refractivity contribution in [2.24, 2.45) is 0 Å². The molecule has 2 heterocycles. The summed E-state index contributed by atoms with van der Waals surface area (Å²) in [5, 5.41) is 4.76. The van der Waals surface area contributed by atoms with Crippen LogP contribution >= 0.6 is 11.3 Å². The van der Waals surface area contributed by atoms with Crippen LogP contribution in [0.25, 0.3) is 0 Å². The Hall–Kier alpha value is -3.32. The number of nitrogens with zero attached hydrogens (tertiary/aromatic N) is 1. The maximum absolute atomic E-state index is 12.9. The Morgan fingerprint density at radius 1 is 1.10 bits per heavy atom. The summed E-state index contributed by atoms with van der Waals surface area (Å²) in [5.74, 6) is 1.04. The van der Waals surface area contributed by atoms with Gasteiger partial charge in [-0.2, -0.15) is 0 Å². The molecule has 0 atom stereocenters. The number of rotatable bonds is 6. The summed E-state index contributed by atoms with van der Waals surface area (Å²) in [6.07, 6.45) is 1.84. The molecule has 30 heavy (non-hydrogen) atoms. The number of amides is 2. The summed E-state index contributed by atoms with van der Waals surface area (Å²) in [6, 6.07) is 16.5. The van der Waals surface area contributed by atoms with Crippen molar-refractivity contribution < 1.29 is 19.1 Å². The number of hydrogen-bond acceptors (Lipinski definition) is 5. The van der Waals surface area contributed by atoms with Gasteiger partial charge in [-0.1, -0.05) is 12.1 Å². The smallest absolute Gasteiger partial charge is 0.268 e. The van der Waals surface area contributed by atoms with Crippen LogP contribution in [0.3, 0.4) is 0 Å². The van der Waals surface area contributed by atoms with E-state index >= 15 is 0 Å². The maximum atomic E-state index is 12.9. The molecule has 7 heteroatoms. The minimum atomic E-state index is -0.266. The largest absolute Gasteiger partial charge is 0.497 e. The van der Waals surface area contributed by atoms with Crippen molar-refractivity contribution >= 4 is 34.5 Å². The molecule has 3 aromatic rings. The molecule has 6 nitrogen and oxygen atoms in total. The van der Waals surface area contributed by atoms with E-state index in [0.29, 0.717) is 22.9 Å². The van der Waals surface area contributed by atoms with Crippen molar-refractivity contribution in [3.8, 4) is 11.5 Å². The van der Waals surface area contributed by atoms with Crippen molar-refractivity contribution in [2.45, 2.75) is 12.8 Å². The van der Waals surface area contributed by atoms with Gasteiger partial charge in [0.15, 0.2) is 6.61 Å². The highest BCUT2D eigenvalue weighted by molar-refractivity contribution is 7.12. The second-order valence-corrected chi connectivity index (χ2v) is 7.84. The lowest BCUT2D eigenvalue weighted by atomic mass is 10.0. The predicted octanol–water partition coefficient (Wildman–Crippen LogP) is 4.37. The Morgan fingerprint density at radius 3 is 2.63 bits per heavy atom. The molecular formula is C23H22N2O4S. The van der Waals surface area contributed by atoms with Gasteiger partial charge in [-0.25, -0.2) is 0 Å². The van der Waals surface area contributed by atoms with Crippen molar-refractivity contribution in [2.75, 3.05) is 30.5 Å². The quantitative estimate of drug-likeness (QED) is 0.641. The number of methoxy groups -OCH3 is 1. The van der Waals surface area contributed by atoms with Crippen LogP contribution in [0.4, 0.5) is 11.4 Å². The fraction of sp³-hybridized carbons (Fsp3) is 0.217. The van der Waals surface area contributed by atoms with Crippen LogP contribution in [0.5, 0.6) is 11.5 Å². The zero-order valence-electron chi connectivity index (χ0n) is 16.6. The molecule has 154 valence electrons. The van der Waals surface area contributed by atoms with Gasteiger partial charge in [0, 0.05) is 17.9 Å². The Kier molecular flexibility index (Phi) is 5.99. The van der Waals surface area contributed by atoms with Gasteiger partial charge in [-0.15, -0.1) is 11.3 Å². The molecular weight excluding hydrogens is 400 g/mol. The Labute approximate surface area is 179 Å². The molecule has 0 fully saturated rings. The summed E-state index contributed by atoms with van der Waals surface area (Å²) in [7, 11) is 1.59. The molecule has 2 amide bonds. The van der Waals surface area contributed by atoms with Gasteiger partial charge in [0.25, 0.3) is 11.8 Å². The Balaban J connectivity index is 1.43. The standard InChI is InChI=1S/C23H22N2O4S/c1-28-18-8-10-19(11-9-18)29-15-22(26)24-17-7-6-16-4-2-12-25(20(16)14-17)23(27)21-5-3-13-30-21/h3,5-11,13-14H,2,4,12,15H2,1H3,(H,24,26). The van der Waals surface area contributed by atoms with Crippen LogP contribution < -0.4 is 19.7 Å². The fourth-order valence-corrected chi connectivity index (χ4v) is 4.09. The minimum Gasteiger partial charge on any atom is -0.497 e. The molecule has 0 unspecified atom stereocenters. The summed E-state index contributed by atoms with van der Waals surface area (Å²) >= 11 is 1.44. The number of ether oxygens (including phenoxy) is 2. The van der Waals surface area contributed by atoms with E-state index in [4.69, 9.17) is 9.47 Å². The normalized spacial score (nSPS) is 12.8. The number of hydrogen-bond donors (Lipinski definition) is 1. The lowest BCUT2D eigenvalue weighted by molar-refractivity contribution is -0.118. The molecule has 1 aromatic heterocycles. The molecule has 4 rings (SSSR count). The van der Waals surface area contributed by atoms with Crippen molar-refractivity contribution in [3.63, 3.8) is 0 Å². The summed E-state index contributed by atoms with van der Waals surface area (Å²) in [5.41, 5.74) is 2.61. The van der Waals surface area contributed by atoms with Gasteiger partial charge in [-0.05, 0) is 66.2 Å². The van der Waals surface area contributed by atoms with E-state index in [2.05, 4.69) is 5.32 Å². The van der Waals surface area contributed by atoms with Gasteiger partial charge >= 0.3 is 0 Å². The van der Waals surface area contributed by atoms with E-state index in [-0.39, 0.29) is 18.4 Å². The second-order valence-electron chi connectivity index (χ2n) is 6.89. The van der Waals surface area contributed by atoms with E-state index in [0.717, 1.165) is 29.8 Å². The van der Waals surface area contributed by atoms with E-state index < -0.39 is 0 Å². The highest BCUT2D eigenvalue weighted by Gasteiger charge is 2.24. The van der Waals surface area contributed by atoms with Crippen LogP contribution in [0.2, 0.25) is 0 Å². The number of benzene rings is 2. The first-order valence-electron chi connectivity index (χ1n) is 9.69. The minimum absolute atomic E-state index is 0.00253. The molecule has 0 bridgehead atoms.